The van der Waals surface area contributed by atoms with E-state index in [1.54, 1.807) is 11.1 Å². The van der Waals surface area contributed by atoms with E-state index in [2.05, 4.69) is 30.7 Å². The monoisotopic (exact) mass is 321 g/mol. The first kappa shape index (κ1) is 18.0. The van der Waals surface area contributed by atoms with Crippen LogP contribution in [0.15, 0.2) is 6.20 Å². The summed E-state index contributed by atoms with van der Waals surface area (Å²) in [6.07, 6.45) is 5.94. The molecule has 1 heterocycles. The number of imidazole rings is 1. The number of hydrogen-bond donors (Lipinski definition) is 2. The molecule has 1 aliphatic rings. The molecule has 1 aromatic rings. The number of aryl methyl sites for hydroxylation is 1. The summed E-state index contributed by atoms with van der Waals surface area (Å²) in [5.41, 5.74) is 1.25. The lowest BCUT2D eigenvalue weighted by atomic mass is 9.69. The highest BCUT2D eigenvalue weighted by Crippen LogP contribution is 2.40. The smallest absolute Gasteiger partial charge is 0.226 e. The van der Waals surface area contributed by atoms with E-state index in [0.717, 1.165) is 37.2 Å². The lowest BCUT2D eigenvalue weighted by Crippen LogP contribution is -2.40. The predicted octanol–water partition coefficient (Wildman–Crippen LogP) is 2.89. The number of carbonyl (C=O) groups excluding carboxylic acids is 1. The molecule has 0 bridgehead atoms. The van der Waals surface area contributed by atoms with Gasteiger partial charge < -0.3 is 15.0 Å². The van der Waals surface area contributed by atoms with Gasteiger partial charge in [-0.25, -0.2) is 4.98 Å². The first-order chi connectivity index (χ1) is 10.8. The molecule has 0 saturated heterocycles. The van der Waals surface area contributed by atoms with Gasteiger partial charge in [0.1, 0.15) is 5.82 Å². The van der Waals surface area contributed by atoms with Crippen LogP contribution in [0.1, 0.15) is 58.0 Å². The number of nitrogens with one attached hydrogen (secondary N) is 1. The molecule has 1 aliphatic carbocycles. The Bertz CT molecular complexity index is 511. The van der Waals surface area contributed by atoms with Crippen molar-refractivity contribution in [3.8, 4) is 0 Å². The Morgan fingerprint density at radius 2 is 2.00 bits per heavy atom. The van der Waals surface area contributed by atoms with Gasteiger partial charge in [0.2, 0.25) is 5.91 Å². The van der Waals surface area contributed by atoms with Crippen LogP contribution in [0.5, 0.6) is 0 Å². The average molecular weight is 321 g/mol. The van der Waals surface area contributed by atoms with E-state index < -0.39 is 0 Å². The number of aromatic nitrogens is 2. The highest BCUT2D eigenvalue weighted by atomic mass is 16.3. The summed E-state index contributed by atoms with van der Waals surface area (Å²) in [6, 6.07) is 0. The van der Waals surface area contributed by atoms with E-state index in [-0.39, 0.29) is 18.4 Å². The van der Waals surface area contributed by atoms with Crippen LogP contribution in [0.25, 0.3) is 0 Å². The van der Waals surface area contributed by atoms with Crippen LogP contribution < -0.4 is 0 Å². The number of aliphatic hydroxyl groups is 1. The number of hydrogen-bond acceptors (Lipinski definition) is 3. The minimum Gasteiger partial charge on any atom is -0.395 e. The van der Waals surface area contributed by atoms with Gasteiger partial charge >= 0.3 is 0 Å². The number of aliphatic hydroxyl groups excluding tert-OH is 1. The highest BCUT2D eigenvalue weighted by molar-refractivity contribution is 5.78. The van der Waals surface area contributed by atoms with E-state index in [1.807, 2.05) is 6.92 Å². The van der Waals surface area contributed by atoms with Gasteiger partial charge in [-0.15, -0.1) is 0 Å². The first-order valence-electron chi connectivity index (χ1n) is 8.71. The van der Waals surface area contributed by atoms with Crippen molar-refractivity contribution in [2.24, 2.45) is 17.3 Å². The van der Waals surface area contributed by atoms with Crippen molar-refractivity contribution in [1.82, 2.24) is 14.9 Å². The van der Waals surface area contributed by atoms with Crippen molar-refractivity contribution in [2.45, 2.75) is 59.9 Å². The lowest BCUT2D eigenvalue weighted by Gasteiger charge is -2.37. The van der Waals surface area contributed by atoms with Gasteiger partial charge in [0.05, 0.1) is 25.0 Å². The standard InChI is InChI=1S/C18H31N3O2/c1-13-19-11-16(20-13)12-21(9-10-22)17(23)14-5-7-15(8-6-14)18(2,3)4/h11,14-15,22H,5-10,12H2,1-4H3,(H,19,20). The van der Waals surface area contributed by atoms with Crippen LogP contribution in [-0.2, 0) is 11.3 Å². The second-order valence-corrected chi connectivity index (χ2v) is 7.89. The number of nitrogens with zero attached hydrogens (tertiary/aromatic N) is 2. The third-order valence-electron chi connectivity index (χ3n) is 5.10. The highest BCUT2D eigenvalue weighted by Gasteiger charge is 2.34. The van der Waals surface area contributed by atoms with Crippen LogP contribution in [0.3, 0.4) is 0 Å². The lowest BCUT2D eigenvalue weighted by molar-refractivity contribution is -0.138. The molecule has 5 heteroatoms. The number of aromatic amines is 1. The van der Waals surface area contributed by atoms with Crippen LogP contribution in [-0.4, -0.2) is 39.0 Å². The molecule has 23 heavy (non-hydrogen) atoms. The van der Waals surface area contributed by atoms with Crippen molar-refractivity contribution in [3.63, 3.8) is 0 Å². The third kappa shape index (κ3) is 4.80. The zero-order chi connectivity index (χ0) is 17.0. The van der Waals surface area contributed by atoms with Gasteiger partial charge in [-0.3, -0.25) is 4.79 Å². The van der Waals surface area contributed by atoms with Crippen molar-refractivity contribution in [3.05, 3.63) is 17.7 Å². The second-order valence-electron chi connectivity index (χ2n) is 7.89. The molecule has 5 nitrogen and oxygen atoms in total. The molecule has 1 aromatic heterocycles. The molecule has 2 rings (SSSR count). The number of H-pyrrole nitrogens is 1. The van der Waals surface area contributed by atoms with Gasteiger partial charge in [-0.1, -0.05) is 20.8 Å². The van der Waals surface area contributed by atoms with E-state index in [1.165, 1.54) is 0 Å². The van der Waals surface area contributed by atoms with E-state index >= 15 is 0 Å². The average Bonchev–Trinajstić information content (AvgIpc) is 2.90. The summed E-state index contributed by atoms with van der Waals surface area (Å²) < 4.78 is 0. The fourth-order valence-electron chi connectivity index (χ4n) is 3.61. The minimum absolute atomic E-state index is 0.00377. The molecule has 0 aromatic carbocycles. The maximum Gasteiger partial charge on any atom is 0.226 e. The SMILES string of the molecule is Cc1ncc(CN(CCO)C(=O)C2CCC(C(C)(C)C)CC2)[nH]1. The Morgan fingerprint density at radius 3 is 2.48 bits per heavy atom. The van der Waals surface area contributed by atoms with Crippen LogP contribution in [0, 0.1) is 24.2 Å². The molecule has 0 aliphatic heterocycles. The summed E-state index contributed by atoms with van der Waals surface area (Å²) >= 11 is 0. The second kappa shape index (κ2) is 7.47. The Labute approximate surface area is 139 Å². The molecule has 0 radical (unpaired) electrons. The van der Waals surface area contributed by atoms with E-state index in [4.69, 9.17) is 0 Å². The fourth-order valence-corrected chi connectivity index (χ4v) is 3.61. The van der Waals surface area contributed by atoms with Crippen LogP contribution in [0.4, 0.5) is 0 Å². The largest absolute Gasteiger partial charge is 0.395 e. The Kier molecular flexibility index (Phi) is 5.84. The molecule has 0 spiro atoms. The zero-order valence-electron chi connectivity index (χ0n) is 14.9. The van der Waals surface area contributed by atoms with E-state index in [0.29, 0.717) is 24.4 Å². The zero-order valence-corrected chi connectivity index (χ0v) is 14.9. The fraction of sp³-hybridized carbons (Fsp3) is 0.778. The minimum atomic E-state index is -0.00377. The van der Waals surface area contributed by atoms with Crippen LogP contribution in [0.2, 0.25) is 0 Å². The summed E-state index contributed by atoms with van der Waals surface area (Å²) in [4.78, 5) is 22.0. The molecular formula is C18H31N3O2. The molecule has 1 fully saturated rings. The van der Waals surface area contributed by atoms with Crippen molar-refractivity contribution >= 4 is 5.91 Å². The quantitative estimate of drug-likeness (QED) is 0.876. The molecule has 0 atom stereocenters. The number of rotatable bonds is 5. The molecule has 130 valence electrons. The summed E-state index contributed by atoms with van der Waals surface area (Å²) in [6.45, 7) is 9.65. The molecule has 1 saturated carbocycles. The molecular weight excluding hydrogens is 290 g/mol. The first-order valence-corrected chi connectivity index (χ1v) is 8.71. The maximum atomic E-state index is 12.8. The van der Waals surface area contributed by atoms with Crippen LogP contribution >= 0.6 is 0 Å². The predicted molar refractivity (Wildman–Crippen MR) is 90.7 cm³/mol. The maximum absolute atomic E-state index is 12.8. The van der Waals surface area contributed by atoms with Crippen molar-refractivity contribution in [1.29, 1.82) is 0 Å². The van der Waals surface area contributed by atoms with Gasteiger partial charge in [-0.05, 0) is 43.9 Å². The van der Waals surface area contributed by atoms with Crippen molar-refractivity contribution in [2.75, 3.05) is 13.2 Å². The van der Waals surface area contributed by atoms with Gasteiger partial charge in [-0.2, -0.15) is 0 Å². The van der Waals surface area contributed by atoms with Crippen molar-refractivity contribution < 1.29 is 9.90 Å². The molecule has 1 amide bonds. The Morgan fingerprint density at radius 1 is 1.35 bits per heavy atom. The summed E-state index contributed by atoms with van der Waals surface area (Å²) in [7, 11) is 0. The Hall–Kier alpha value is -1.36. The Balaban J connectivity index is 1.96. The molecule has 2 N–H and O–H groups in total. The summed E-state index contributed by atoms with van der Waals surface area (Å²) in [5.74, 6) is 1.83. The number of carbonyl (C=O) groups is 1. The summed E-state index contributed by atoms with van der Waals surface area (Å²) in [5, 5.41) is 9.30. The number of amides is 1. The molecule has 0 unspecified atom stereocenters. The van der Waals surface area contributed by atoms with Gasteiger partial charge in [0.15, 0.2) is 0 Å². The van der Waals surface area contributed by atoms with Gasteiger partial charge in [0, 0.05) is 12.5 Å². The normalized spacial score (nSPS) is 22.1. The van der Waals surface area contributed by atoms with Gasteiger partial charge in [0.25, 0.3) is 0 Å². The van der Waals surface area contributed by atoms with E-state index in [9.17, 15) is 9.90 Å². The topological polar surface area (TPSA) is 69.2 Å². The third-order valence-corrected chi connectivity index (χ3v) is 5.10.